The number of H-pyrrole nitrogens is 1. The number of benzene rings is 1. The van der Waals surface area contributed by atoms with Crippen LogP contribution >= 0.6 is 0 Å². The molecule has 0 radical (unpaired) electrons. The van der Waals surface area contributed by atoms with Gasteiger partial charge in [-0.2, -0.15) is 0 Å². The van der Waals surface area contributed by atoms with E-state index in [1.54, 1.807) is 6.92 Å². The van der Waals surface area contributed by atoms with Crippen molar-refractivity contribution in [1.82, 2.24) is 10.3 Å². The third kappa shape index (κ3) is 4.05. The molecule has 2 aromatic rings. The lowest BCUT2D eigenvalue weighted by molar-refractivity contribution is 0.0847. The number of aromatic nitrogens is 1. The van der Waals surface area contributed by atoms with Crippen LogP contribution in [0.3, 0.4) is 0 Å². The summed E-state index contributed by atoms with van der Waals surface area (Å²) in [6.45, 7) is 3.19. The van der Waals surface area contributed by atoms with Gasteiger partial charge in [0.05, 0.1) is 12.1 Å². The molecule has 22 heavy (non-hydrogen) atoms. The summed E-state index contributed by atoms with van der Waals surface area (Å²) in [6, 6.07) is 10.7. The quantitative estimate of drug-likeness (QED) is 0.713. The van der Waals surface area contributed by atoms with E-state index < -0.39 is 12.1 Å². The maximum atomic E-state index is 12.1. The fourth-order valence-corrected chi connectivity index (χ4v) is 2.14. The highest BCUT2D eigenvalue weighted by Gasteiger charge is 2.19. The summed E-state index contributed by atoms with van der Waals surface area (Å²) < 4.78 is 0. The molecule has 5 nitrogen and oxygen atoms in total. The summed E-state index contributed by atoms with van der Waals surface area (Å²) in [5.41, 5.74) is 1.78. The predicted octanol–water partition coefficient (Wildman–Crippen LogP) is 1.94. The molecular formula is C17H20N2O3. The van der Waals surface area contributed by atoms with Crippen molar-refractivity contribution >= 4 is 11.7 Å². The van der Waals surface area contributed by atoms with Crippen molar-refractivity contribution in [3.8, 4) is 0 Å². The van der Waals surface area contributed by atoms with Gasteiger partial charge in [-0.25, -0.2) is 0 Å². The van der Waals surface area contributed by atoms with Crippen molar-refractivity contribution in [1.29, 1.82) is 0 Å². The zero-order valence-corrected chi connectivity index (χ0v) is 12.7. The van der Waals surface area contributed by atoms with Crippen molar-refractivity contribution in [2.75, 3.05) is 0 Å². The molecule has 3 N–H and O–H groups in total. The van der Waals surface area contributed by atoms with Crippen LogP contribution in [0.4, 0.5) is 0 Å². The molecule has 2 rings (SSSR count). The van der Waals surface area contributed by atoms with Gasteiger partial charge in [-0.05, 0) is 25.5 Å². The third-order valence-electron chi connectivity index (χ3n) is 3.56. The van der Waals surface area contributed by atoms with E-state index >= 15 is 0 Å². The summed E-state index contributed by atoms with van der Waals surface area (Å²) in [5, 5.41) is 12.9. The molecule has 0 aliphatic rings. The van der Waals surface area contributed by atoms with E-state index in [0.717, 1.165) is 5.56 Å². The van der Waals surface area contributed by atoms with Crippen LogP contribution in [-0.4, -0.2) is 33.9 Å². The van der Waals surface area contributed by atoms with Crippen LogP contribution in [-0.2, 0) is 6.42 Å². The van der Waals surface area contributed by atoms with Gasteiger partial charge in [0, 0.05) is 18.2 Å². The van der Waals surface area contributed by atoms with Gasteiger partial charge in [0.15, 0.2) is 5.78 Å². The summed E-state index contributed by atoms with van der Waals surface area (Å²) in [5.74, 6) is -0.445. The Morgan fingerprint density at radius 2 is 1.95 bits per heavy atom. The molecule has 0 saturated heterocycles. The van der Waals surface area contributed by atoms with Crippen LogP contribution in [0.15, 0.2) is 42.6 Å². The minimum Gasteiger partial charge on any atom is -0.391 e. The van der Waals surface area contributed by atoms with E-state index in [4.69, 9.17) is 0 Å². The number of rotatable bonds is 6. The zero-order valence-electron chi connectivity index (χ0n) is 12.7. The van der Waals surface area contributed by atoms with Crippen molar-refractivity contribution in [3.05, 3.63) is 59.4 Å². The Bertz CT molecular complexity index is 649. The number of hydrogen-bond donors (Lipinski definition) is 3. The largest absolute Gasteiger partial charge is 0.391 e. The normalized spacial score (nSPS) is 13.4. The van der Waals surface area contributed by atoms with Gasteiger partial charge < -0.3 is 15.4 Å². The standard InChI is InChI=1S/C17H20N2O3/c1-11(16(21)8-13-6-4-3-5-7-13)19-17(22)15-9-14(10-18-15)12(2)20/h3-7,9-11,16,18,21H,8H2,1-2H3,(H,19,22). The van der Waals surface area contributed by atoms with E-state index in [9.17, 15) is 14.7 Å². The molecule has 116 valence electrons. The van der Waals surface area contributed by atoms with Crippen LogP contribution in [0.25, 0.3) is 0 Å². The fraction of sp³-hybridized carbons (Fsp3) is 0.294. The van der Waals surface area contributed by atoms with Crippen LogP contribution in [0.1, 0.15) is 40.3 Å². The van der Waals surface area contributed by atoms with Gasteiger partial charge >= 0.3 is 0 Å². The molecule has 1 aromatic heterocycles. The van der Waals surface area contributed by atoms with Crippen LogP contribution < -0.4 is 5.32 Å². The number of aliphatic hydroxyl groups excluding tert-OH is 1. The molecule has 2 unspecified atom stereocenters. The molecule has 0 aliphatic heterocycles. The molecule has 0 fully saturated rings. The minimum absolute atomic E-state index is 0.104. The van der Waals surface area contributed by atoms with E-state index in [0.29, 0.717) is 17.7 Å². The van der Waals surface area contributed by atoms with Gasteiger partial charge in [0.1, 0.15) is 5.69 Å². The molecule has 5 heteroatoms. The Balaban J connectivity index is 1.93. The van der Waals surface area contributed by atoms with Gasteiger partial charge in [-0.3, -0.25) is 9.59 Å². The van der Waals surface area contributed by atoms with Crippen LogP contribution in [0.5, 0.6) is 0 Å². The molecule has 1 amide bonds. The van der Waals surface area contributed by atoms with E-state index in [-0.39, 0.29) is 11.7 Å². The Labute approximate surface area is 129 Å². The first-order valence-electron chi connectivity index (χ1n) is 7.19. The first-order chi connectivity index (χ1) is 10.5. The first-order valence-corrected chi connectivity index (χ1v) is 7.19. The summed E-state index contributed by atoms with van der Waals surface area (Å²) in [7, 11) is 0. The fourth-order valence-electron chi connectivity index (χ4n) is 2.14. The number of carbonyl (C=O) groups is 2. The third-order valence-corrected chi connectivity index (χ3v) is 3.56. The Morgan fingerprint density at radius 3 is 2.55 bits per heavy atom. The molecule has 2 atom stereocenters. The lowest BCUT2D eigenvalue weighted by Crippen LogP contribution is -2.42. The number of Topliss-reactive ketones (excluding diaryl/α,β-unsaturated/α-hetero) is 1. The van der Waals surface area contributed by atoms with Crippen molar-refractivity contribution < 1.29 is 14.7 Å². The monoisotopic (exact) mass is 300 g/mol. The highest BCUT2D eigenvalue weighted by Crippen LogP contribution is 2.08. The van der Waals surface area contributed by atoms with Crippen LogP contribution in [0.2, 0.25) is 0 Å². The lowest BCUT2D eigenvalue weighted by atomic mass is 10.0. The number of aliphatic hydroxyl groups is 1. The number of ketones is 1. The van der Waals surface area contributed by atoms with Crippen molar-refractivity contribution in [2.24, 2.45) is 0 Å². The second-order valence-electron chi connectivity index (χ2n) is 5.38. The first kappa shape index (κ1) is 16.0. The van der Waals surface area contributed by atoms with Crippen molar-refractivity contribution in [3.63, 3.8) is 0 Å². The second kappa shape index (κ2) is 7.04. The summed E-state index contributed by atoms with van der Waals surface area (Å²) in [4.78, 5) is 26.1. The van der Waals surface area contributed by atoms with E-state index in [2.05, 4.69) is 10.3 Å². The molecule has 0 spiro atoms. The number of aromatic amines is 1. The average molecular weight is 300 g/mol. The van der Waals surface area contributed by atoms with E-state index in [1.807, 2.05) is 30.3 Å². The Kier molecular flexibility index (Phi) is 5.12. The summed E-state index contributed by atoms with van der Waals surface area (Å²) in [6.07, 6.45) is 1.28. The van der Waals surface area contributed by atoms with Gasteiger partial charge in [-0.15, -0.1) is 0 Å². The molecule has 1 aromatic carbocycles. The molecule has 0 bridgehead atoms. The molecular weight excluding hydrogens is 280 g/mol. The topological polar surface area (TPSA) is 82.2 Å². The second-order valence-corrected chi connectivity index (χ2v) is 5.38. The molecule has 0 saturated carbocycles. The molecule has 0 aliphatic carbocycles. The Hall–Kier alpha value is -2.40. The van der Waals surface area contributed by atoms with Crippen molar-refractivity contribution in [2.45, 2.75) is 32.4 Å². The minimum atomic E-state index is -0.686. The number of carbonyl (C=O) groups excluding carboxylic acids is 2. The maximum Gasteiger partial charge on any atom is 0.268 e. The van der Waals surface area contributed by atoms with Gasteiger partial charge in [0.2, 0.25) is 0 Å². The highest BCUT2D eigenvalue weighted by molar-refractivity contribution is 5.99. The van der Waals surface area contributed by atoms with E-state index in [1.165, 1.54) is 19.2 Å². The van der Waals surface area contributed by atoms with Gasteiger partial charge in [-0.1, -0.05) is 30.3 Å². The molecule has 1 heterocycles. The average Bonchev–Trinajstić information content (AvgIpc) is 2.98. The Morgan fingerprint density at radius 1 is 1.27 bits per heavy atom. The maximum absolute atomic E-state index is 12.1. The number of nitrogens with one attached hydrogen (secondary N) is 2. The smallest absolute Gasteiger partial charge is 0.268 e. The summed E-state index contributed by atoms with van der Waals surface area (Å²) >= 11 is 0. The number of hydrogen-bond acceptors (Lipinski definition) is 3. The lowest BCUT2D eigenvalue weighted by Gasteiger charge is -2.20. The number of amides is 1. The zero-order chi connectivity index (χ0) is 16.1. The van der Waals surface area contributed by atoms with Crippen LogP contribution in [0, 0.1) is 0 Å². The SMILES string of the molecule is CC(=O)c1c[nH]c(C(=O)NC(C)C(O)Cc2ccccc2)c1. The highest BCUT2D eigenvalue weighted by atomic mass is 16.3. The predicted molar refractivity (Wildman–Crippen MR) is 83.9 cm³/mol. The van der Waals surface area contributed by atoms with Gasteiger partial charge in [0.25, 0.3) is 5.91 Å².